The second kappa shape index (κ2) is 8.68. The van der Waals surface area contributed by atoms with Crippen molar-refractivity contribution < 1.29 is 8.78 Å². The molecule has 1 aromatic carbocycles. The number of benzene rings is 1. The van der Waals surface area contributed by atoms with Gasteiger partial charge in [-0.05, 0) is 55.2 Å². The highest BCUT2D eigenvalue weighted by Crippen LogP contribution is 2.34. The first-order valence-electron chi connectivity index (χ1n) is 8.16. The third-order valence-electron chi connectivity index (χ3n) is 4.79. The van der Waals surface area contributed by atoms with Gasteiger partial charge in [-0.25, -0.2) is 8.78 Å². The van der Waals surface area contributed by atoms with Crippen molar-refractivity contribution in [1.82, 2.24) is 0 Å². The molecule has 2 rings (SSSR count). The fourth-order valence-corrected chi connectivity index (χ4v) is 3.38. The summed E-state index contributed by atoms with van der Waals surface area (Å²) < 4.78 is 25.5. The first-order chi connectivity index (χ1) is 10.7. The molecule has 1 saturated carbocycles. The van der Waals surface area contributed by atoms with Crippen LogP contribution >= 0.6 is 0 Å². The van der Waals surface area contributed by atoms with Gasteiger partial charge in [0.05, 0.1) is 11.9 Å². The summed E-state index contributed by atoms with van der Waals surface area (Å²) in [5, 5.41) is 8.73. The van der Waals surface area contributed by atoms with E-state index in [2.05, 4.69) is 0 Å². The van der Waals surface area contributed by atoms with Crippen LogP contribution in [0.1, 0.15) is 56.1 Å². The number of hydrogen-bond donors (Lipinski definition) is 0. The third kappa shape index (κ3) is 4.94. The van der Waals surface area contributed by atoms with Gasteiger partial charge in [0.1, 0.15) is 11.9 Å². The molecule has 0 heterocycles. The largest absolute Gasteiger partial charge is 0.216 e. The molecular formula is C19H23F2N. The Morgan fingerprint density at radius 2 is 1.82 bits per heavy atom. The van der Waals surface area contributed by atoms with E-state index >= 15 is 0 Å². The van der Waals surface area contributed by atoms with Crippen molar-refractivity contribution in [3.05, 3.63) is 47.5 Å². The maximum atomic E-state index is 13.6. The van der Waals surface area contributed by atoms with E-state index in [-0.39, 0.29) is 5.56 Å². The normalized spacial score (nSPS) is 21.9. The molecular weight excluding hydrogens is 280 g/mol. The van der Waals surface area contributed by atoms with E-state index in [1.807, 2.05) is 12.1 Å². The zero-order valence-electron chi connectivity index (χ0n) is 12.9. The quantitative estimate of drug-likeness (QED) is 0.661. The van der Waals surface area contributed by atoms with E-state index in [0.29, 0.717) is 12.2 Å². The van der Waals surface area contributed by atoms with Crippen LogP contribution in [0.2, 0.25) is 0 Å². The highest BCUT2D eigenvalue weighted by Gasteiger charge is 2.20. The molecule has 0 unspecified atom stereocenters. The van der Waals surface area contributed by atoms with Crippen LogP contribution in [0.25, 0.3) is 0 Å². The second-order valence-corrected chi connectivity index (χ2v) is 6.29. The standard InChI is InChI=1S/C19H23F2N/c20-12-2-1-3-15-4-6-16(7-5-15)8-9-17-10-11-18(14-22)19(21)13-17/h2,10-13,15-16H,1,3-9H2/b12-2+. The molecule has 0 atom stereocenters. The van der Waals surface area contributed by atoms with E-state index in [4.69, 9.17) is 5.26 Å². The van der Waals surface area contributed by atoms with Crippen LogP contribution in [0.5, 0.6) is 0 Å². The van der Waals surface area contributed by atoms with Gasteiger partial charge >= 0.3 is 0 Å². The molecule has 3 heteroatoms. The minimum absolute atomic E-state index is 0.117. The van der Waals surface area contributed by atoms with E-state index in [9.17, 15) is 8.78 Å². The van der Waals surface area contributed by atoms with Crippen molar-refractivity contribution in [1.29, 1.82) is 5.26 Å². The Balaban J connectivity index is 1.73. The highest BCUT2D eigenvalue weighted by molar-refractivity contribution is 5.33. The molecule has 0 aliphatic heterocycles. The molecule has 0 bridgehead atoms. The molecule has 0 saturated heterocycles. The molecule has 0 spiro atoms. The van der Waals surface area contributed by atoms with Crippen molar-refractivity contribution in [2.24, 2.45) is 11.8 Å². The molecule has 1 aliphatic carbocycles. The lowest BCUT2D eigenvalue weighted by Gasteiger charge is -2.28. The zero-order chi connectivity index (χ0) is 15.8. The predicted octanol–water partition coefficient (Wildman–Crippen LogP) is 5.70. The van der Waals surface area contributed by atoms with E-state index < -0.39 is 5.82 Å². The molecule has 1 fully saturated rings. The average Bonchev–Trinajstić information content (AvgIpc) is 2.54. The van der Waals surface area contributed by atoms with E-state index in [1.54, 1.807) is 12.1 Å². The summed E-state index contributed by atoms with van der Waals surface area (Å²) in [6, 6.07) is 6.77. The van der Waals surface area contributed by atoms with Gasteiger partial charge in [0.15, 0.2) is 0 Å². The maximum absolute atomic E-state index is 13.6. The van der Waals surface area contributed by atoms with Crippen LogP contribution in [0, 0.1) is 29.0 Å². The Morgan fingerprint density at radius 3 is 2.41 bits per heavy atom. The maximum Gasteiger partial charge on any atom is 0.141 e. The van der Waals surface area contributed by atoms with Crippen molar-refractivity contribution >= 4 is 0 Å². The van der Waals surface area contributed by atoms with Crippen molar-refractivity contribution in [2.45, 2.75) is 51.4 Å². The molecule has 118 valence electrons. The summed E-state index contributed by atoms with van der Waals surface area (Å²) in [7, 11) is 0. The molecule has 0 N–H and O–H groups in total. The fraction of sp³-hybridized carbons (Fsp3) is 0.526. The van der Waals surface area contributed by atoms with E-state index in [0.717, 1.165) is 37.2 Å². The van der Waals surface area contributed by atoms with Gasteiger partial charge in [0, 0.05) is 0 Å². The monoisotopic (exact) mass is 303 g/mol. The second-order valence-electron chi connectivity index (χ2n) is 6.29. The number of aryl methyl sites for hydroxylation is 1. The topological polar surface area (TPSA) is 23.8 Å². The Kier molecular flexibility index (Phi) is 6.58. The lowest BCUT2D eigenvalue weighted by molar-refractivity contribution is 0.254. The van der Waals surface area contributed by atoms with Gasteiger partial charge in [-0.1, -0.05) is 37.8 Å². The van der Waals surface area contributed by atoms with Crippen LogP contribution < -0.4 is 0 Å². The van der Waals surface area contributed by atoms with Crippen molar-refractivity contribution in [3.8, 4) is 6.07 Å². The van der Waals surface area contributed by atoms with Crippen molar-refractivity contribution in [2.75, 3.05) is 0 Å². The molecule has 1 nitrogen and oxygen atoms in total. The minimum Gasteiger partial charge on any atom is -0.216 e. The molecule has 22 heavy (non-hydrogen) atoms. The fourth-order valence-electron chi connectivity index (χ4n) is 3.38. The summed E-state index contributed by atoms with van der Waals surface area (Å²) >= 11 is 0. The summed E-state index contributed by atoms with van der Waals surface area (Å²) in [5.74, 6) is 1.04. The Morgan fingerprint density at radius 1 is 1.14 bits per heavy atom. The number of allylic oxidation sites excluding steroid dienone is 1. The number of halogens is 2. The van der Waals surface area contributed by atoms with Crippen molar-refractivity contribution in [3.63, 3.8) is 0 Å². The molecule has 0 amide bonds. The van der Waals surface area contributed by atoms with Gasteiger partial charge in [0.2, 0.25) is 0 Å². The first-order valence-corrected chi connectivity index (χ1v) is 8.16. The molecule has 0 aromatic heterocycles. The van der Waals surface area contributed by atoms with Gasteiger partial charge in [-0.3, -0.25) is 0 Å². The lowest BCUT2D eigenvalue weighted by Crippen LogP contribution is -2.15. The van der Waals surface area contributed by atoms with Gasteiger partial charge in [-0.15, -0.1) is 0 Å². The highest BCUT2D eigenvalue weighted by atomic mass is 19.1. The molecule has 1 aromatic rings. The summed E-state index contributed by atoms with van der Waals surface area (Å²) in [6.07, 6.45) is 11.0. The Bertz CT molecular complexity index is 537. The van der Waals surface area contributed by atoms with Gasteiger partial charge in [0.25, 0.3) is 0 Å². The molecule has 1 aliphatic rings. The predicted molar refractivity (Wildman–Crippen MR) is 84.4 cm³/mol. The average molecular weight is 303 g/mol. The number of hydrogen-bond acceptors (Lipinski definition) is 1. The lowest BCUT2D eigenvalue weighted by atomic mass is 9.78. The minimum atomic E-state index is -0.412. The summed E-state index contributed by atoms with van der Waals surface area (Å²) in [6.45, 7) is 0. The smallest absolute Gasteiger partial charge is 0.141 e. The summed E-state index contributed by atoms with van der Waals surface area (Å²) in [4.78, 5) is 0. The van der Waals surface area contributed by atoms with E-state index in [1.165, 1.54) is 31.7 Å². The van der Waals surface area contributed by atoms with Crippen LogP contribution in [0.15, 0.2) is 30.6 Å². The van der Waals surface area contributed by atoms with Crippen LogP contribution in [0.3, 0.4) is 0 Å². The van der Waals surface area contributed by atoms with Crippen LogP contribution in [0.4, 0.5) is 8.78 Å². The summed E-state index contributed by atoms with van der Waals surface area (Å²) in [5.41, 5.74) is 1.10. The number of nitrogens with zero attached hydrogens (tertiary/aromatic N) is 1. The molecule has 0 radical (unpaired) electrons. The van der Waals surface area contributed by atoms with Crippen LogP contribution in [-0.2, 0) is 6.42 Å². The zero-order valence-corrected chi connectivity index (χ0v) is 12.9. The van der Waals surface area contributed by atoms with Gasteiger partial charge < -0.3 is 0 Å². The first kappa shape index (κ1) is 16.7. The number of rotatable bonds is 6. The van der Waals surface area contributed by atoms with Gasteiger partial charge in [-0.2, -0.15) is 5.26 Å². The number of nitriles is 1. The Hall–Kier alpha value is -1.69. The SMILES string of the molecule is N#Cc1ccc(CCC2CCC(CC/C=C/F)CC2)cc1F. The van der Waals surface area contributed by atoms with Crippen LogP contribution in [-0.4, -0.2) is 0 Å². The third-order valence-corrected chi connectivity index (χ3v) is 4.79. The Labute approximate surface area is 131 Å².